The average Bonchev–Trinajstić information content (AvgIpc) is 3.12. The van der Waals surface area contributed by atoms with Crippen LogP contribution in [-0.2, 0) is 18.4 Å². The molecule has 0 aliphatic carbocycles. The average molecular weight is 578 g/mol. The van der Waals surface area contributed by atoms with Crippen LogP contribution in [0.4, 0.5) is 0 Å². The molecule has 2 aromatic rings. The first kappa shape index (κ1) is 33.3. The van der Waals surface area contributed by atoms with E-state index >= 15 is 0 Å². The van der Waals surface area contributed by atoms with Gasteiger partial charge in [0.25, 0.3) is 0 Å². The molecule has 35 heavy (non-hydrogen) atoms. The van der Waals surface area contributed by atoms with Crippen molar-refractivity contribution in [1.82, 2.24) is 19.5 Å². The van der Waals surface area contributed by atoms with E-state index in [1.165, 1.54) is 10.9 Å². The number of aromatic hydroxyl groups is 2. The highest BCUT2D eigenvalue weighted by atomic mass is 31.2. The second kappa shape index (κ2) is 13.0. The minimum absolute atomic E-state index is 0.0144. The van der Waals surface area contributed by atoms with E-state index in [1.54, 1.807) is 0 Å². The largest absolute Gasteiger partial charge is 0.492 e. The summed E-state index contributed by atoms with van der Waals surface area (Å²) in [5.74, 6) is -0.516. The smallest absolute Gasteiger partial charge is 0.466 e. The number of imidazole rings is 1. The summed E-state index contributed by atoms with van der Waals surface area (Å²) in [7, 11) is -13.9. The van der Waals surface area contributed by atoms with Gasteiger partial charge in [-0.3, -0.25) is 4.57 Å². The quantitative estimate of drug-likeness (QED) is 0.148. The van der Waals surface area contributed by atoms with Crippen LogP contribution in [0.15, 0.2) is 6.33 Å². The van der Waals surface area contributed by atoms with E-state index < -0.39 is 66.5 Å². The number of nitrogens with zero attached hydrogens (tertiary/aromatic N) is 4. The van der Waals surface area contributed by atoms with Gasteiger partial charge >= 0.3 is 29.5 Å². The number of hydrogen-bond acceptors (Lipinski definition) is 12. The summed E-state index contributed by atoms with van der Waals surface area (Å²) < 4.78 is 33.2. The van der Waals surface area contributed by atoms with Crippen molar-refractivity contribution in [2.24, 2.45) is 0 Å². The molecule has 204 valence electrons. The molecular formula is C10H21N4O18P3. The molecule has 1 fully saturated rings. The monoisotopic (exact) mass is 578 g/mol. The lowest BCUT2D eigenvalue weighted by atomic mass is 10.1. The van der Waals surface area contributed by atoms with E-state index in [0.29, 0.717) is 0 Å². The topological polar surface area (TPSA) is 387 Å². The summed E-state index contributed by atoms with van der Waals surface area (Å²) in [6.07, 6.45) is -3.37. The molecule has 1 saturated heterocycles. The number of hydrogen-bond donors (Lipinski definition) is 14. The highest BCUT2D eigenvalue weighted by molar-refractivity contribution is 7.45. The fourth-order valence-electron chi connectivity index (χ4n) is 2.19. The normalized spacial score (nSPS) is 22.3. The van der Waals surface area contributed by atoms with Crippen molar-refractivity contribution in [3.63, 3.8) is 0 Å². The molecule has 25 heteroatoms. The molecule has 0 saturated carbocycles. The Morgan fingerprint density at radius 2 is 1.26 bits per heavy atom. The predicted molar refractivity (Wildman–Crippen MR) is 104 cm³/mol. The molecule has 0 amide bonds. The van der Waals surface area contributed by atoms with Crippen LogP contribution in [-0.4, -0.2) is 114 Å². The molecule has 0 radical (unpaired) electrons. The molecular weight excluding hydrogens is 557 g/mol. The van der Waals surface area contributed by atoms with Crippen molar-refractivity contribution in [2.75, 3.05) is 6.61 Å². The lowest BCUT2D eigenvalue weighted by Gasteiger charge is -2.16. The predicted octanol–water partition coefficient (Wildman–Crippen LogP) is -4.94. The molecule has 14 N–H and O–H groups in total. The Labute approximate surface area is 192 Å². The van der Waals surface area contributed by atoms with Crippen LogP contribution in [0.2, 0.25) is 0 Å². The van der Waals surface area contributed by atoms with Gasteiger partial charge in [0, 0.05) is 0 Å². The van der Waals surface area contributed by atoms with Gasteiger partial charge in [-0.25, -0.2) is 18.7 Å². The maximum absolute atomic E-state index is 9.93. The number of fused-ring (bicyclic) bond motifs is 1. The Kier molecular flexibility index (Phi) is 12.4. The Hall–Kier alpha value is -1.68. The van der Waals surface area contributed by atoms with Crippen LogP contribution in [0.3, 0.4) is 0 Å². The molecule has 1 aliphatic rings. The van der Waals surface area contributed by atoms with Crippen LogP contribution >= 0.6 is 23.5 Å². The Bertz CT molecular complexity index is 1020. The van der Waals surface area contributed by atoms with E-state index in [9.17, 15) is 20.4 Å². The highest BCUT2D eigenvalue weighted by Gasteiger charge is 2.44. The molecule has 0 bridgehead atoms. The van der Waals surface area contributed by atoms with Gasteiger partial charge < -0.3 is 74.3 Å². The van der Waals surface area contributed by atoms with Crippen molar-refractivity contribution < 1.29 is 88.0 Å². The fourth-order valence-corrected chi connectivity index (χ4v) is 2.19. The maximum Gasteiger partial charge on any atom is 0.466 e. The van der Waals surface area contributed by atoms with E-state index in [1.807, 2.05) is 0 Å². The van der Waals surface area contributed by atoms with E-state index in [0.717, 1.165) is 0 Å². The number of ether oxygens (including phenoxy) is 1. The van der Waals surface area contributed by atoms with Crippen molar-refractivity contribution >= 4 is 34.6 Å². The van der Waals surface area contributed by atoms with Crippen LogP contribution in [0.25, 0.3) is 11.2 Å². The zero-order valence-electron chi connectivity index (χ0n) is 16.6. The van der Waals surface area contributed by atoms with E-state index in [2.05, 4.69) is 15.0 Å². The van der Waals surface area contributed by atoms with Gasteiger partial charge in [0.1, 0.15) is 18.3 Å². The molecule has 0 aromatic carbocycles. The Morgan fingerprint density at radius 3 is 1.63 bits per heavy atom. The lowest BCUT2D eigenvalue weighted by Crippen LogP contribution is -2.33. The van der Waals surface area contributed by atoms with Gasteiger partial charge in [-0.2, -0.15) is 9.97 Å². The number of aliphatic hydroxyl groups is 3. The second-order valence-corrected chi connectivity index (χ2v) is 9.02. The highest BCUT2D eigenvalue weighted by Crippen LogP contribution is 2.33. The zero-order valence-corrected chi connectivity index (χ0v) is 19.3. The number of phosphoric acid groups is 3. The third kappa shape index (κ3) is 14.5. The Balaban J connectivity index is 0.000000635. The van der Waals surface area contributed by atoms with Gasteiger partial charge in [0.05, 0.1) is 12.9 Å². The summed E-state index contributed by atoms with van der Waals surface area (Å²) >= 11 is 0. The molecule has 3 rings (SSSR count). The number of aliphatic hydroxyl groups excluding tert-OH is 3. The van der Waals surface area contributed by atoms with Crippen LogP contribution in [0.5, 0.6) is 11.9 Å². The lowest BCUT2D eigenvalue weighted by molar-refractivity contribution is -0.0511. The third-order valence-electron chi connectivity index (χ3n) is 3.18. The minimum Gasteiger partial charge on any atom is -0.492 e. The molecule has 22 nitrogen and oxygen atoms in total. The SMILES string of the molecule is O=P(O)(O)O.O=P(O)(O)O.O=P(O)(O)O.OC[C@H]1O[C@@H](n2cnc3c(O)nc(O)nc32)[C@H](O)[C@@H]1O. The molecule has 4 atom stereocenters. The standard InChI is InChI=1S/C10H12N4O6.3H3O4P/c15-1-3-5(16)6(17)9(20-3)14-2-11-4-7(14)12-10(19)13-8(4)18;3*1-5(2,3)4/h2-3,5-6,9,15-17H,1H2,(H2,12,13,18,19);3*(H3,1,2,3,4)/t3-,5-,6-,9-;;;/m1.../s1. The van der Waals surface area contributed by atoms with Crippen LogP contribution in [0, 0.1) is 0 Å². The van der Waals surface area contributed by atoms with E-state index in [-0.39, 0.29) is 11.2 Å². The molecule has 0 unspecified atom stereocenters. The molecule has 1 aliphatic heterocycles. The number of aromatic nitrogens is 4. The van der Waals surface area contributed by atoms with Gasteiger partial charge in [0.2, 0.25) is 5.88 Å². The summed E-state index contributed by atoms with van der Waals surface area (Å²) in [4.78, 5) is 75.6. The molecule has 3 heterocycles. The van der Waals surface area contributed by atoms with Gasteiger partial charge in [-0.1, -0.05) is 0 Å². The van der Waals surface area contributed by atoms with E-state index in [4.69, 9.17) is 67.6 Å². The van der Waals surface area contributed by atoms with Crippen LogP contribution in [0.1, 0.15) is 6.23 Å². The first-order valence-corrected chi connectivity index (χ1v) is 12.8. The first-order chi connectivity index (χ1) is 15.5. The summed E-state index contributed by atoms with van der Waals surface area (Å²) in [6, 6.07) is -0.663. The molecule has 2 aromatic heterocycles. The summed E-state index contributed by atoms with van der Waals surface area (Å²) in [6.45, 7) is -0.465. The number of rotatable bonds is 2. The summed E-state index contributed by atoms with van der Waals surface area (Å²) in [5, 5.41) is 47.5. The van der Waals surface area contributed by atoms with Crippen LogP contribution < -0.4 is 0 Å². The minimum atomic E-state index is -4.64. The van der Waals surface area contributed by atoms with Gasteiger partial charge in [-0.05, 0) is 0 Å². The van der Waals surface area contributed by atoms with Crippen molar-refractivity contribution in [2.45, 2.75) is 24.5 Å². The first-order valence-electron chi connectivity index (χ1n) is 8.12. The Morgan fingerprint density at radius 1 is 0.829 bits per heavy atom. The van der Waals surface area contributed by atoms with Crippen molar-refractivity contribution in [3.8, 4) is 11.9 Å². The van der Waals surface area contributed by atoms with Crippen molar-refractivity contribution in [1.29, 1.82) is 0 Å². The maximum atomic E-state index is 9.93. The third-order valence-corrected chi connectivity index (χ3v) is 3.18. The van der Waals surface area contributed by atoms with Gasteiger partial charge in [0.15, 0.2) is 17.4 Å². The fraction of sp³-hybridized carbons (Fsp3) is 0.500. The van der Waals surface area contributed by atoms with Gasteiger partial charge in [-0.15, -0.1) is 0 Å². The molecule has 0 spiro atoms. The zero-order chi connectivity index (χ0) is 27.9. The van der Waals surface area contributed by atoms with Crippen molar-refractivity contribution in [3.05, 3.63) is 6.33 Å². The summed E-state index contributed by atoms with van der Waals surface area (Å²) in [5.41, 5.74) is 0.0466. The second-order valence-electron chi connectivity index (χ2n) is 5.94.